The normalized spacial score (nSPS) is 11.6. The van der Waals surface area contributed by atoms with E-state index < -0.39 is 0 Å². The van der Waals surface area contributed by atoms with E-state index in [0.717, 1.165) is 17.1 Å². The molecule has 0 saturated heterocycles. The Labute approximate surface area is 327 Å². The molecule has 11 rings (SSSR count). The molecular formula is C52H33NS2. The summed E-state index contributed by atoms with van der Waals surface area (Å²) in [6, 6.07) is 73.6. The first-order valence-electron chi connectivity index (χ1n) is 18.7. The van der Waals surface area contributed by atoms with E-state index in [0.29, 0.717) is 0 Å². The van der Waals surface area contributed by atoms with Crippen LogP contribution in [0.15, 0.2) is 200 Å². The van der Waals surface area contributed by atoms with Crippen LogP contribution in [-0.4, -0.2) is 0 Å². The van der Waals surface area contributed by atoms with Crippen molar-refractivity contribution in [3.63, 3.8) is 0 Å². The molecule has 0 N–H and O–H groups in total. The minimum atomic E-state index is 1.11. The highest BCUT2D eigenvalue weighted by molar-refractivity contribution is 7.26. The third kappa shape index (κ3) is 5.43. The van der Waals surface area contributed by atoms with Gasteiger partial charge < -0.3 is 4.90 Å². The van der Waals surface area contributed by atoms with Crippen LogP contribution in [0.2, 0.25) is 0 Å². The number of hydrogen-bond donors (Lipinski definition) is 0. The van der Waals surface area contributed by atoms with Gasteiger partial charge >= 0.3 is 0 Å². The quantitative estimate of drug-likeness (QED) is 0.164. The summed E-state index contributed by atoms with van der Waals surface area (Å²) in [6.07, 6.45) is 0. The Balaban J connectivity index is 1.13. The standard InChI is InChI=1S/C52H33NS2/c1-2-17-39-34(13-1)14-12-22-41(39)42-19-4-8-24-48(42)53(38-16-11-15-35(31-38)36-27-29-45-43-20-5-9-25-49(43)54-51(45)32-36)47-23-7-3-18-40(47)37-28-30-46-44-21-6-10-26-50(44)55-52(46)33-37/h1-33H. The number of nitrogens with zero attached hydrogens (tertiary/aromatic N) is 1. The molecule has 2 heterocycles. The van der Waals surface area contributed by atoms with Gasteiger partial charge in [-0.3, -0.25) is 0 Å². The Morgan fingerprint density at radius 1 is 0.291 bits per heavy atom. The van der Waals surface area contributed by atoms with E-state index in [1.807, 2.05) is 22.7 Å². The van der Waals surface area contributed by atoms with Crippen molar-refractivity contribution in [3.05, 3.63) is 200 Å². The number of rotatable bonds is 6. The molecule has 9 aromatic carbocycles. The van der Waals surface area contributed by atoms with Crippen LogP contribution in [0.25, 0.3) is 84.5 Å². The molecule has 0 spiro atoms. The molecule has 11 aromatic rings. The first-order valence-corrected chi connectivity index (χ1v) is 20.3. The second kappa shape index (κ2) is 13.1. The van der Waals surface area contributed by atoms with Crippen LogP contribution in [0.1, 0.15) is 0 Å². The Kier molecular flexibility index (Phi) is 7.61. The van der Waals surface area contributed by atoms with E-state index in [1.165, 1.54) is 84.5 Å². The molecule has 0 fully saturated rings. The highest BCUT2D eigenvalue weighted by atomic mass is 32.1. The zero-order valence-electron chi connectivity index (χ0n) is 29.8. The summed E-state index contributed by atoms with van der Waals surface area (Å²) >= 11 is 3.73. The summed E-state index contributed by atoms with van der Waals surface area (Å²) in [4.78, 5) is 2.48. The number of fused-ring (bicyclic) bond motifs is 7. The molecule has 0 amide bonds. The number of hydrogen-bond acceptors (Lipinski definition) is 3. The van der Waals surface area contributed by atoms with Gasteiger partial charge in [0.1, 0.15) is 0 Å². The van der Waals surface area contributed by atoms with Crippen molar-refractivity contribution in [2.75, 3.05) is 4.90 Å². The van der Waals surface area contributed by atoms with Crippen molar-refractivity contribution in [3.8, 4) is 33.4 Å². The van der Waals surface area contributed by atoms with Gasteiger partial charge in [-0.15, -0.1) is 22.7 Å². The van der Waals surface area contributed by atoms with E-state index in [-0.39, 0.29) is 0 Å². The number of para-hydroxylation sites is 2. The van der Waals surface area contributed by atoms with Crippen molar-refractivity contribution in [2.24, 2.45) is 0 Å². The molecule has 0 aliphatic heterocycles. The molecule has 0 saturated carbocycles. The minimum absolute atomic E-state index is 1.11. The summed E-state index contributed by atoms with van der Waals surface area (Å²) in [5.41, 5.74) is 10.6. The molecule has 0 radical (unpaired) electrons. The monoisotopic (exact) mass is 735 g/mol. The van der Waals surface area contributed by atoms with Gasteiger partial charge in [0.25, 0.3) is 0 Å². The minimum Gasteiger partial charge on any atom is -0.309 e. The largest absolute Gasteiger partial charge is 0.309 e. The van der Waals surface area contributed by atoms with Gasteiger partial charge in [-0.2, -0.15) is 0 Å². The van der Waals surface area contributed by atoms with Gasteiger partial charge in [0, 0.05) is 57.2 Å². The fourth-order valence-electron chi connectivity index (χ4n) is 8.30. The lowest BCUT2D eigenvalue weighted by atomic mass is 9.95. The van der Waals surface area contributed by atoms with E-state index in [2.05, 4.69) is 205 Å². The molecule has 0 unspecified atom stereocenters. The SMILES string of the molecule is c1cc(-c2ccc3c(c2)sc2ccccc23)cc(N(c2ccccc2-c2ccc3c(c2)sc2ccccc23)c2ccccc2-c2cccc3ccccc23)c1. The number of thiophene rings is 2. The van der Waals surface area contributed by atoms with Gasteiger partial charge in [0.15, 0.2) is 0 Å². The summed E-state index contributed by atoms with van der Waals surface area (Å²) < 4.78 is 5.25. The highest BCUT2D eigenvalue weighted by Gasteiger charge is 2.22. The van der Waals surface area contributed by atoms with E-state index in [9.17, 15) is 0 Å². The van der Waals surface area contributed by atoms with Crippen molar-refractivity contribution in [2.45, 2.75) is 0 Å². The van der Waals surface area contributed by atoms with Crippen LogP contribution in [0.3, 0.4) is 0 Å². The molecule has 0 bridgehead atoms. The molecule has 1 nitrogen and oxygen atoms in total. The zero-order valence-corrected chi connectivity index (χ0v) is 31.4. The van der Waals surface area contributed by atoms with Crippen LogP contribution in [-0.2, 0) is 0 Å². The van der Waals surface area contributed by atoms with E-state index >= 15 is 0 Å². The number of anilines is 3. The first kappa shape index (κ1) is 32.0. The van der Waals surface area contributed by atoms with Crippen molar-refractivity contribution in [1.29, 1.82) is 0 Å². The summed E-state index contributed by atoms with van der Waals surface area (Å²) in [6.45, 7) is 0. The maximum Gasteiger partial charge on any atom is 0.0540 e. The second-order valence-electron chi connectivity index (χ2n) is 14.1. The maximum absolute atomic E-state index is 2.48. The van der Waals surface area contributed by atoms with Gasteiger partial charge in [-0.05, 0) is 81.6 Å². The topological polar surface area (TPSA) is 3.24 Å². The van der Waals surface area contributed by atoms with Crippen molar-refractivity contribution in [1.82, 2.24) is 0 Å². The molecule has 3 heteroatoms. The lowest BCUT2D eigenvalue weighted by Gasteiger charge is -2.30. The fraction of sp³-hybridized carbons (Fsp3) is 0. The predicted octanol–water partition coefficient (Wildman–Crippen LogP) is 16.0. The van der Waals surface area contributed by atoms with Crippen LogP contribution >= 0.6 is 22.7 Å². The Hall–Kier alpha value is -6.52. The molecule has 0 aliphatic carbocycles. The molecule has 0 atom stereocenters. The smallest absolute Gasteiger partial charge is 0.0540 e. The lowest BCUT2D eigenvalue weighted by molar-refractivity contribution is 1.28. The average Bonchev–Trinajstić information content (AvgIpc) is 3.82. The average molecular weight is 736 g/mol. The zero-order chi connectivity index (χ0) is 36.3. The van der Waals surface area contributed by atoms with Crippen molar-refractivity contribution < 1.29 is 0 Å². The van der Waals surface area contributed by atoms with E-state index in [4.69, 9.17) is 0 Å². The first-order chi connectivity index (χ1) is 27.3. The predicted molar refractivity (Wildman–Crippen MR) is 241 cm³/mol. The van der Waals surface area contributed by atoms with Gasteiger partial charge in [0.05, 0.1) is 11.4 Å². The van der Waals surface area contributed by atoms with Gasteiger partial charge in [-0.25, -0.2) is 0 Å². The summed E-state index contributed by atoms with van der Waals surface area (Å²) in [7, 11) is 0. The van der Waals surface area contributed by atoms with Crippen molar-refractivity contribution >= 4 is 90.9 Å². The molecular weight excluding hydrogens is 703 g/mol. The molecule has 2 aromatic heterocycles. The van der Waals surface area contributed by atoms with Crippen LogP contribution in [0.4, 0.5) is 17.1 Å². The summed E-state index contributed by atoms with van der Waals surface area (Å²) in [5, 5.41) is 7.74. The summed E-state index contributed by atoms with van der Waals surface area (Å²) in [5.74, 6) is 0. The number of benzene rings is 9. The Morgan fingerprint density at radius 3 is 1.53 bits per heavy atom. The van der Waals surface area contributed by atoms with Gasteiger partial charge in [0.2, 0.25) is 0 Å². The third-order valence-electron chi connectivity index (χ3n) is 10.9. The molecule has 258 valence electrons. The Bertz CT molecular complexity index is 3230. The lowest BCUT2D eigenvalue weighted by Crippen LogP contribution is -2.12. The van der Waals surface area contributed by atoms with Crippen LogP contribution < -0.4 is 4.90 Å². The fourth-order valence-corrected chi connectivity index (χ4v) is 10.6. The van der Waals surface area contributed by atoms with Gasteiger partial charge in [-0.1, -0.05) is 152 Å². The third-order valence-corrected chi connectivity index (χ3v) is 13.1. The van der Waals surface area contributed by atoms with E-state index in [1.54, 1.807) is 0 Å². The Morgan fingerprint density at radius 2 is 0.782 bits per heavy atom. The van der Waals surface area contributed by atoms with Crippen LogP contribution in [0, 0.1) is 0 Å². The second-order valence-corrected chi connectivity index (χ2v) is 16.2. The maximum atomic E-state index is 2.48. The molecule has 0 aliphatic rings. The highest BCUT2D eigenvalue weighted by Crippen LogP contribution is 2.47. The molecule has 55 heavy (non-hydrogen) atoms. The van der Waals surface area contributed by atoms with Crippen LogP contribution in [0.5, 0.6) is 0 Å².